The Labute approximate surface area is 127 Å². The van der Waals surface area contributed by atoms with Gasteiger partial charge in [-0.05, 0) is 36.4 Å². The van der Waals surface area contributed by atoms with Gasteiger partial charge in [-0.3, -0.25) is 0 Å². The van der Waals surface area contributed by atoms with Crippen molar-refractivity contribution in [3.05, 3.63) is 51.5 Å². The number of nitrogen functional groups attached to an aromatic ring is 1. The van der Waals surface area contributed by atoms with Crippen LogP contribution in [0.3, 0.4) is 0 Å². The van der Waals surface area contributed by atoms with E-state index in [1.54, 1.807) is 6.07 Å². The quantitative estimate of drug-likeness (QED) is 0.791. The molecule has 0 atom stereocenters. The number of carboxylic acids is 1. The molecule has 0 heterocycles. The number of aromatic carboxylic acids is 1. The molecule has 2 aromatic rings. The van der Waals surface area contributed by atoms with Crippen molar-refractivity contribution in [1.29, 1.82) is 0 Å². The molecule has 19 heavy (non-hydrogen) atoms. The van der Waals surface area contributed by atoms with Gasteiger partial charge in [0.1, 0.15) is 0 Å². The van der Waals surface area contributed by atoms with Gasteiger partial charge in [0.05, 0.1) is 10.6 Å². The zero-order valence-electron chi connectivity index (χ0n) is 9.56. The minimum atomic E-state index is -1.05. The lowest BCUT2D eigenvalue weighted by Gasteiger charge is -2.09. The molecule has 0 aliphatic carbocycles. The summed E-state index contributed by atoms with van der Waals surface area (Å²) in [5.74, 6) is -1.05. The number of anilines is 1. The first-order chi connectivity index (χ1) is 8.97. The van der Waals surface area contributed by atoms with Crippen LogP contribution in [0.1, 0.15) is 10.4 Å². The number of halogens is 2. The Morgan fingerprint density at radius 1 is 1.26 bits per heavy atom. The fourth-order valence-corrected chi connectivity index (χ4v) is 3.03. The molecule has 0 saturated carbocycles. The molecule has 0 bridgehead atoms. The molecule has 0 unspecified atom stereocenters. The summed E-state index contributed by atoms with van der Waals surface area (Å²) in [7, 11) is 0. The summed E-state index contributed by atoms with van der Waals surface area (Å²) in [6, 6.07) is 10.5. The topological polar surface area (TPSA) is 63.3 Å². The summed E-state index contributed by atoms with van der Waals surface area (Å²) in [6.07, 6.45) is 0. The highest BCUT2D eigenvalue weighted by Gasteiger charge is 2.16. The van der Waals surface area contributed by atoms with Crippen molar-refractivity contribution in [2.24, 2.45) is 0 Å². The Morgan fingerprint density at radius 3 is 2.47 bits per heavy atom. The Morgan fingerprint density at radius 2 is 1.89 bits per heavy atom. The van der Waals surface area contributed by atoms with Gasteiger partial charge >= 0.3 is 5.97 Å². The Bertz CT molecular complexity index is 631. The second-order valence-corrected chi connectivity index (χ2v) is 6.15. The number of benzene rings is 2. The summed E-state index contributed by atoms with van der Waals surface area (Å²) in [5, 5.41) is 9.54. The van der Waals surface area contributed by atoms with E-state index in [2.05, 4.69) is 15.9 Å². The molecular weight excluding hydrogens is 350 g/mol. The molecule has 0 amide bonds. The number of rotatable bonds is 3. The van der Waals surface area contributed by atoms with E-state index in [0.717, 1.165) is 9.37 Å². The summed E-state index contributed by atoms with van der Waals surface area (Å²) >= 11 is 10.7. The first-order valence-electron chi connectivity index (χ1n) is 5.23. The van der Waals surface area contributed by atoms with Crippen molar-refractivity contribution in [3.8, 4) is 0 Å². The highest BCUT2D eigenvalue weighted by Crippen LogP contribution is 2.37. The fraction of sp³-hybridized carbons (Fsp3) is 0. The maximum absolute atomic E-state index is 11.2. The minimum absolute atomic E-state index is 0.109. The lowest BCUT2D eigenvalue weighted by molar-refractivity contribution is 0.0693. The fourth-order valence-electron chi connectivity index (χ4n) is 1.50. The third kappa shape index (κ3) is 3.43. The van der Waals surface area contributed by atoms with Gasteiger partial charge < -0.3 is 10.8 Å². The lowest BCUT2D eigenvalue weighted by Crippen LogP contribution is -2.01. The van der Waals surface area contributed by atoms with Gasteiger partial charge in [0.25, 0.3) is 0 Å². The largest absolute Gasteiger partial charge is 0.478 e. The number of nitrogens with two attached hydrogens (primary N) is 1. The van der Waals surface area contributed by atoms with Crippen LogP contribution in [0.2, 0.25) is 5.02 Å². The molecule has 0 saturated heterocycles. The number of hydrogen-bond acceptors (Lipinski definition) is 3. The first-order valence-corrected chi connectivity index (χ1v) is 7.22. The van der Waals surface area contributed by atoms with E-state index in [0.29, 0.717) is 15.6 Å². The third-order valence-electron chi connectivity index (χ3n) is 2.33. The van der Waals surface area contributed by atoms with Crippen molar-refractivity contribution in [3.63, 3.8) is 0 Å². The summed E-state index contributed by atoms with van der Waals surface area (Å²) in [6.45, 7) is 0. The van der Waals surface area contributed by atoms with E-state index in [9.17, 15) is 9.90 Å². The Hall–Kier alpha value is -1.17. The zero-order valence-corrected chi connectivity index (χ0v) is 12.7. The van der Waals surface area contributed by atoms with Crippen molar-refractivity contribution in [1.82, 2.24) is 0 Å². The average molecular weight is 359 g/mol. The van der Waals surface area contributed by atoms with E-state index < -0.39 is 5.97 Å². The van der Waals surface area contributed by atoms with Crippen LogP contribution in [-0.2, 0) is 0 Å². The highest BCUT2D eigenvalue weighted by molar-refractivity contribution is 9.10. The average Bonchev–Trinajstić information content (AvgIpc) is 2.34. The van der Waals surface area contributed by atoms with Crippen molar-refractivity contribution < 1.29 is 9.90 Å². The molecule has 0 fully saturated rings. The minimum Gasteiger partial charge on any atom is -0.478 e. The van der Waals surface area contributed by atoms with Crippen LogP contribution >= 0.6 is 39.3 Å². The SMILES string of the molecule is Nc1cc(Cl)c(Sc2ccc(Br)cc2)c(C(=O)O)c1. The van der Waals surface area contributed by atoms with Crippen LogP contribution in [0.25, 0.3) is 0 Å². The monoisotopic (exact) mass is 357 g/mol. The molecular formula is C13H9BrClNO2S. The van der Waals surface area contributed by atoms with Crippen LogP contribution in [-0.4, -0.2) is 11.1 Å². The molecule has 3 N–H and O–H groups in total. The van der Waals surface area contributed by atoms with Gasteiger partial charge in [0.15, 0.2) is 0 Å². The number of hydrogen-bond donors (Lipinski definition) is 2. The van der Waals surface area contributed by atoms with Gasteiger partial charge in [0.2, 0.25) is 0 Å². The van der Waals surface area contributed by atoms with E-state index in [-0.39, 0.29) is 5.56 Å². The van der Waals surface area contributed by atoms with Gasteiger partial charge in [0, 0.05) is 20.0 Å². The van der Waals surface area contributed by atoms with E-state index in [4.69, 9.17) is 17.3 Å². The Balaban J connectivity index is 2.44. The molecule has 0 radical (unpaired) electrons. The zero-order chi connectivity index (χ0) is 14.0. The lowest BCUT2D eigenvalue weighted by atomic mass is 10.2. The second kappa shape index (κ2) is 5.86. The van der Waals surface area contributed by atoms with E-state index in [1.807, 2.05) is 24.3 Å². The van der Waals surface area contributed by atoms with Crippen molar-refractivity contribution in [2.75, 3.05) is 5.73 Å². The summed E-state index contributed by atoms with van der Waals surface area (Å²) < 4.78 is 0.957. The van der Waals surface area contributed by atoms with Crippen LogP contribution < -0.4 is 5.73 Å². The third-order valence-corrected chi connectivity index (χ3v) is 4.42. The smallest absolute Gasteiger partial charge is 0.336 e. The van der Waals surface area contributed by atoms with Crippen LogP contribution in [0.4, 0.5) is 5.69 Å². The standard InChI is InChI=1S/C13H9BrClNO2S/c14-7-1-3-9(4-2-7)19-12-10(13(17)18)5-8(16)6-11(12)15/h1-6H,16H2,(H,17,18). The van der Waals surface area contributed by atoms with Crippen LogP contribution in [0.15, 0.2) is 50.7 Å². The van der Waals surface area contributed by atoms with Gasteiger partial charge in [-0.15, -0.1) is 0 Å². The summed E-state index contributed by atoms with van der Waals surface area (Å²) in [4.78, 5) is 12.6. The molecule has 0 aliphatic heterocycles. The predicted molar refractivity (Wildman–Crippen MR) is 81.1 cm³/mol. The number of carbonyl (C=O) groups is 1. The first kappa shape index (κ1) is 14.2. The maximum atomic E-state index is 11.2. The maximum Gasteiger partial charge on any atom is 0.336 e. The summed E-state index contributed by atoms with van der Waals surface area (Å²) in [5.41, 5.74) is 6.06. The van der Waals surface area contributed by atoms with Crippen LogP contribution in [0.5, 0.6) is 0 Å². The van der Waals surface area contributed by atoms with Crippen molar-refractivity contribution >= 4 is 50.9 Å². The molecule has 6 heteroatoms. The highest BCUT2D eigenvalue weighted by atomic mass is 79.9. The van der Waals surface area contributed by atoms with E-state index >= 15 is 0 Å². The Kier molecular flexibility index (Phi) is 4.39. The van der Waals surface area contributed by atoms with E-state index in [1.165, 1.54) is 17.8 Å². The molecule has 3 nitrogen and oxygen atoms in total. The molecule has 2 aromatic carbocycles. The molecule has 98 valence electrons. The molecule has 0 spiro atoms. The van der Waals surface area contributed by atoms with Gasteiger partial charge in [-0.2, -0.15) is 0 Å². The van der Waals surface area contributed by atoms with Crippen molar-refractivity contribution in [2.45, 2.75) is 9.79 Å². The van der Waals surface area contributed by atoms with Gasteiger partial charge in [-0.1, -0.05) is 39.3 Å². The van der Waals surface area contributed by atoms with Gasteiger partial charge in [-0.25, -0.2) is 4.79 Å². The number of carboxylic acid groups (broad SMARTS) is 1. The molecule has 2 rings (SSSR count). The molecule has 0 aromatic heterocycles. The normalized spacial score (nSPS) is 10.4. The molecule has 0 aliphatic rings. The predicted octanol–water partition coefficient (Wildman–Crippen LogP) is 4.53. The van der Waals surface area contributed by atoms with Crippen LogP contribution in [0, 0.1) is 0 Å². The second-order valence-electron chi connectivity index (χ2n) is 3.74.